The van der Waals surface area contributed by atoms with Gasteiger partial charge in [0.25, 0.3) is 0 Å². The summed E-state index contributed by atoms with van der Waals surface area (Å²) in [7, 11) is 3.22. The number of nitrogens with one attached hydrogen (secondary N) is 2. The average Bonchev–Trinajstić information content (AvgIpc) is 3.04. The minimum absolute atomic E-state index is 0.0361. The van der Waals surface area contributed by atoms with E-state index in [0.717, 1.165) is 12.8 Å². The largest absolute Gasteiger partial charge is 0.354 e. The number of carbonyl (C=O) groups excluding carboxylic acids is 2. The second kappa shape index (κ2) is 6.04. The molecule has 1 heterocycles. The molecule has 1 aliphatic heterocycles. The number of methoxy groups -OCH3 is 2. The van der Waals surface area contributed by atoms with Gasteiger partial charge in [0.05, 0.1) is 6.04 Å². The minimum Gasteiger partial charge on any atom is -0.354 e. The lowest BCUT2D eigenvalue weighted by molar-refractivity contribution is -0.129. The molecule has 0 radical (unpaired) electrons. The molecule has 1 aromatic carbocycles. The summed E-state index contributed by atoms with van der Waals surface area (Å²) in [5.74, 6) is -0.179. The normalized spacial score (nSPS) is 34.9. The number of benzene rings is 1. The van der Waals surface area contributed by atoms with E-state index >= 15 is 0 Å². The van der Waals surface area contributed by atoms with Gasteiger partial charge in [0.15, 0.2) is 17.9 Å². The molecule has 5 atom stereocenters. The van der Waals surface area contributed by atoms with E-state index in [1.165, 1.54) is 0 Å². The molecule has 0 spiro atoms. The van der Waals surface area contributed by atoms with Crippen LogP contribution in [0, 0.1) is 17.8 Å². The van der Waals surface area contributed by atoms with Crippen LogP contribution < -0.4 is 10.9 Å². The highest BCUT2D eigenvalue weighted by atomic mass is 16.7. The Morgan fingerprint density at radius 1 is 1.00 bits per heavy atom. The molecule has 0 amide bonds. The van der Waals surface area contributed by atoms with Crippen molar-refractivity contribution in [3.8, 4) is 0 Å². The Hall–Kier alpha value is -1.60. The molecule has 5 unspecified atom stereocenters. The second-order valence-corrected chi connectivity index (χ2v) is 6.83. The first kappa shape index (κ1) is 15.9. The molecule has 1 aromatic rings. The van der Waals surface area contributed by atoms with E-state index in [1.807, 2.05) is 12.1 Å². The lowest BCUT2D eigenvalue weighted by Gasteiger charge is -2.42. The van der Waals surface area contributed by atoms with Crippen LogP contribution in [0.25, 0.3) is 0 Å². The van der Waals surface area contributed by atoms with Gasteiger partial charge < -0.3 is 9.47 Å². The van der Waals surface area contributed by atoms with Crippen molar-refractivity contribution >= 4 is 11.6 Å². The Labute approximate surface area is 140 Å². The van der Waals surface area contributed by atoms with Crippen LogP contribution in [0.1, 0.15) is 33.6 Å². The maximum absolute atomic E-state index is 13.1. The Morgan fingerprint density at radius 3 is 2.33 bits per heavy atom. The van der Waals surface area contributed by atoms with E-state index in [2.05, 4.69) is 10.9 Å². The number of hydrazine groups is 1. The molecule has 0 aromatic heterocycles. The second-order valence-electron chi connectivity index (χ2n) is 6.83. The zero-order valence-corrected chi connectivity index (χ0v) is 13.8. The molecule has 1 saturated carbocycles. The summed E-state index contributed by atoms with van der Waals surface area (Å²) in [5, 5.41) is 0. The van der Waals surface area contributed by atoms with E-state index in [-0.39, 0.29) is 47.7 Å². The summed E-state index contributed by atoms with van der Waals surface area (Å²) in [5.41, 5.74) is 7.62. The summed E-state index contributed by atoms with van der Waals surface area (Å²) < 4.78 is 10.8. The molecular weight excluding hydrogens is 308 g/mol. The summed E-state index contributed by atoms with van der Waals surface area (Å²) in [6, 6.07) is 7.07. The minimum atomic E-state index is -0.384. The highest BCUT2D eigenvalue weighted by Crippen LogP contribution is 2.44. The Morgan fingerprint density at radius 2 is 1.67 bits per heavy atom. The third-order valence-electron chi connectivity index (χ3n) is 5.83. The highest BCUT2D eigenvalue weighted by Gasteiger charge is 2.55. The molecule has 2 N–H and O–H groups in total. The van der Waals surface area contributed by atoms with Crippen LogP contribution in [0.4, 0.5) is 0 Å². The van der Waals surface area contributed by atoms with Gasteiger partial charge >= 0.3 is 0 Å². The molecule has 3 aliphatic rings. The van der Waals surface area contributed by atoms with E-state index < -0.39 is 0 Å². The van der Waals surface area contributed by atoms with Crippen molar-refractivity contribution in [1.29, 1.82) is 0 Å². The average molecular weight is 330 g/mol. The van der Waals surface area contributed by atoms with Crippen molar-refractivity contribution in [2.45, 2.75) is 31.2 Å². The van der Waals surface area contributed by atoms with Crippen LogP contribution in [0.3, 0.4) is 0 Å². The van der Waals surface area contributed by atoms with Crippen LogP contribution in [-0.2, 0) is 9.47 Å². The van der Waals surface area contributed by atoms with E-state index in [1.54, 1.807) is 26.4 Å². The number of hydrogen-bond donors (Lipinski definition) is 2. The quantitative estimate of drug-likeness (QED) is 0.810. The Bertz CT molecular complexity index is 673. The maximum atomic E-state index is 13.1. The smallest absolute Gasteiger partial charge is 0.173 e. The van der Waals surface area contributed by atoms with Crippen molar-refractivity contribution < 1.29 is 19.1 Å². The predicted molar refractivity (Wildman–Crippen MR) is 86.5 cm³/mol. The standard InChI is InChI=1S/C18H22N2O4/c1-23-18(24-2)15-12-8-7-11-13(14(12)19-20-15)17(22)10-6-4-3-5-9(10)16(11)21/h3-6,11-15,18-20H,7-8H2,1-2H3. The number of Topliss-reactive ketones (excluding diaryl/α,β-unsaturated/α-hetero) is 2. The molecule has 0 bridgehead atoms. The summed E-state index contributed by atoms with van der Waals surface area (Å²) in [6.45, 7) is 0. The zero-order chi connectivity index (χ0) is 16.8. The van der Waals surface area contributed by atoms with Crippen LogP contribution in [0.2, 0.25) is 0 Å². The molecule has 4 rings (SSSR count). The van der Waals surface area contributed by atoms with Gasteiger partial charge in [-0.05, 0) is 18.8 Å². The first-order valence-electron chi connectivity index (χ1n) is 8.41. The fraction of sp³-hybridized carbons (Fsp3) is 0.556. The number of hydrogen-bond acceptors (Lipinski definition) is 6. The van der Waals surface area contributed by atoms with Crippen molar-refractivity contribution in [2.75, 3.05) is 14.2 Å². The van der Waals surface area contributed by atoms with Crippen molar-refractivity contribution in [1.82, 2.24) is 10.9 Å². The SMILES string of the molecule is COC(OC)C1NNC2C1CCC1C(=O)c3ccccc3C(=O)C12. The van der Waals surface area contributed by atoms with Crippen molar-refractivity contribution in [3.63, 3.8) is 0 Å². The number of ketones is 2. The van der Waals surface area contributed by atoms with Crippen molar-refractivity contribution in [3.05, 3.63) is 35.4 Å². The summed E-state index contributed by atoms with van der Waals surface area (Å²) >= 11 is 0. The van der Waals surface area contributed by atoms with Gasteiger partial charge in [0.1, 0.15) is 0 Å². The number of rotatable bonds is 3. The first-order chi connectivity index (χ1) is 11.7. The molecule has 2 aliphatic carbocycles. The topological polar surface area (TPSA) is 76.7 Å². The lowest BCUT2D eigenvalue weighted by Crippen LogP contribution is -2.53. The fourth-order valence-electron chi connectivity index (χ4n) is 4.74. The fourth-order valence-corrected chi connectivity index (χ4v) is 4.74. The summed E-state index contributed by atoms with van der Waals surface area (Å²) in [4.78, 5) is 25.9. The number of carbonyl (C=O) groups is 2. The van der Waals surface area contributed by atoms with E-state index in [0.29, 0.717) is 11.1 Å². The van der Waals surface area contributed by atoms with Crippen LogP contribution in [0.15, 0.2) is 24.3 Å². The lowest BCUT2D eigenvalue weighted by atomic mass is 9.61. The Kier molecular flexibility index (Phi) is 4.00. The molecular formula is C18H22N2O4. The van der Waals surface area contributed by atoms with Gasteiger partial charge in [-0.1, -0.05) is 24.3 Å². The maximum Gasteiger partial charge on any atom is 0.173 e. The molecule has 1 saturated heterocycles. The molecule has 6 heteroatoms. The molecule has 24 heavy (non-hydrogen) atoms. The van der Waals surface area contributed by atoms with Crippen LogP contribution >= 0.6 is 0 Å². The van der Waals surface area contributed by atoms with Gasteiger partial charge in [0.2, 0.25) is 0 Å². The predicted octanol–water partition coefficient (Wildman–Crippen LogP) is 1.17. The van der Waals surface area contributed by atoms with Crippen LogP contribution in [-0.4, -0.2) is 44.2 Å². The van der Waals surface area contributed by atoms with Crippen LogP contribution in [0.5, 0.6) is 0 Å². The van der Waals surface area contributed by atoms with Gasteiger partial charge in [-0.15, -0.1) is 0 Å². The molecule has 128 valence electrons. The summed E-state index contributed by atoms with van der Waals surface area (Å²) in [6.07, 6.45) is 1.21. The number of ether oxygens (including phenoxy) is 2. The van der Waals surface area contributed by atoms with Gasteiger partial charge in [-0.3, -0.25) is 15.0 Å². The van der Waals surface area contributed by atoms with E-state index in [4.69, 9.17) is 9.47 Å². The third kappa shape index (κ3) is 2.18. The van der Waals surface area contributed by atoms with Crippen molar-refractivity contribution in [2.24, 2.45) is 17.8 Å². The van der Waals surface area contributed by atoms with Gasteiger partial charge in [-0.2, -0.15) is 0 Å². The monoisotopic (exact) mass is 330 g/mol. The molecule has 6 nitrogen and oxygen atoms in total. The zero-order valence-electron chi connectivity index (χ0n) is 13.8. The number of fused-ring (bicyclic) bond motifs is 4. The highest BCUT2D eigenvalue weighted by molar-refractivity contribution is 6.16. The third-order valence-corrected chi connectivity index (χ3v) is 5.83. The first-order valence-corrected chi connectivity index (χ1v) is 8.41. The van der Waals surface area contributed by atoms with Gasteiger partial charge in [-0.25, -0.2) is 5.43 Å². The van der Waals surface area contributed by atoms with Gasteiger partial charge in [0, 0.05) is 43.2 Å². The Balaban J connectivity index is 1.68. The van der Waals surface area contributed by atoms with E-state index in [9.17, 15) is 9.59 Å². The molecule has 2 fully saturated rings.